The Morgan fingerprint density at radius 1 is 1.47 bits per heavy atom. The highest BCUT2D eigenvalue weighted by molar-refractivity contribution is 9.10. The van der Waals surface area contributed by atoms with Crippen LogP contribution in [0.2, 0.25) is 0 Å². The third kappa shape index (κ3) is 2.63. The molecule has 2 amide bonds. The van der Waals surface area contributed by atoms with E-state index < -0.39 is 17.1 Å². The van der Waals surface area contributed by atoms with Crippen LogP contribution in [0.1, 0.15) is 23.7 Å². The monoisotopic (exact) mass is 328 g/mol. The lowest BCUT2D eigenvalue weighted by Gasteiger charge is -2.21. The lowest BCUT2D eigenvalue weighted by molar-refractivity contribution is -0.126. The number of hydrogen-bond acceptors (Lipinski definition) is 2. The minimum absolute atomic E-state index is 0.258. The summed E-state index contributed by atoms with van der Waals surface area (Å²) in [6.07, 6.45) is 0.529. The standard InChI is InChI=1S/C13H14BrFN2O2/c1-13(12(16)19)4-5-17(7-13)11(18)9-6-8(15)2-3-10(9)14/h2-3,6H,4-5,7H2,1H3,(H2,16,19). The van der Waals surface area contributed by atoms with E-state index in [-0.39, 0.29) is 18.0 Å². The molecule has 0 aromatic heterocycles. The number of benzene rings is 1. The second-order valence-corrected chi connectivity index (χ2v) is 5.88. The third-order valence-electron chi connectivity index (χ3n) is 3.51. The Bertz CT molecular complexity index is 549. The van der Waals surface area contributed by atoms with Gasteiger partial charge in [0.1, 0.15) is 5.82 Å². The summed E-state index contributed by atoms with van der Waals surface area (Å²) in [6.45, 7) is 2.45. The summed E-state index contributed by atoms with van der Waals surface area (Å²) in [5.74, 6) is -1.18. The van der Waals surface area contributed by atoms with Crippen molar-refractivity contribution in [2.24, 2.45) is 11.1 Å². The maximum atomic E-state index is 13.2. The van der Waals surface area contributed by atoms with Crippen molar-refractivity contribution in [3.05, 3.63) is 34.1 Å². The van der Waals surface area contributed by atoms with Gasteiger partial charge in [-0.3, -0.25) is 9.59 Å². The van der Waals surface area contributed by atoms with Crippen LogP contribution in [-0.2, 0) is 4.79 Å². The predicted molar refractivity (Wildman–Crippen MR) is 71.9 cm³/mol. The maximum absolute atomic E-state index is 13.2. The van der Waals surface area contributed by atoms with E-state index >= 15 is 0 Å². The molecule has 1 heterocycles. The van der Waals surface area contributed by atoms with Crippen LogP contribution in [0.15, 0.2) is 22.7 Å². The Balaban J connectivity index is 2.22. The molecule has 4 nitrogen and oxygen atoms in total. The van der Waals surface area contributed by atoms with Gasteiger partial charge in [0.15, 0.2) is 0 Å². The van der Waals surface area contributed by atoms with E-state index in [1.165, 1.54) is 23.1 Å². The summed E-state index contributed by atoms with van der Waals surface area (Å²) >= 11 is 3.23. The summed E-state index contributed by atoms with van der Waals surface area (Å²) in [6, 6.07) is 3.95. The molecule has 1 unspecified atom stereocenters. The summed E-state index contributed by atoms with van der Waals surface area (Å²) in [4.78, 5) is 25.2. The fourth-order valence-electron chi connectivity index (χ4n) is 2.17. The van der Waals surface area contributed by atoms with E-state index in [4.69, 9.17) is 5.73 Å². The number of carbonyl (C=O) groups is 2. The van der Waals surface area contributed by atoms with Crippen LogP contribution in [0.5, 0.6) is 0 Å². The molecular weight excluding hydrogens is 315 g/mol. The van der Waals surface area contributed by atoms with Gasteiger partial charge in [-0.2, -0.15) is 0 Å². The van der Waals surface area contributed by atoms with Crippen molar-refractivity contribution in [1.82, 2.24) is 4.90 Å². The van der Waals surface area contributed by atoms with E-state index in [1.807, 2.05) is 0 Å². The van der Waals surface area contributed by atoms with Gasteiger partial charge in [0.2, 0.25) is 5.91 Å². The summed E-state index contributed by atoms with van der Waals surface area (Å²) in [7, 11) is 0. The molecule has 1 aromatic rings. The molecule has 0 saturated carbocycles. The van der Waals surface area contributed by atoms with Crippen molar-refractivity contribution >= 4 is 27.7 Å². The van der Waals surface area contributed by atoms with Crippen molar-refractivity contribution in [2.45, 2.75) is 13.3 Å². The largest absolute Gasteiger partial charge is 0.369 e. The third-order valence-corrected chi connectivity index (χ3v) is 4.21. The molecule has 102 valence electrons. The first-order valence-electron chi connectivity index (χ1n) is 5.88. The number of nitrogens with two attached hydrogens (primary N) is 1. The minimum Gasteiger partial charge on any atom is -0.369 e. The predicted octanol–water partition coefficient (Wildman–Crippen LogP) is 1.93. The molecule has 0 spiro atoms. The Morgan fingerprint density at radius 3 is 2.74 bits per heavy atom. The number of amides is 2. The Morgan fingerprint density at radius 2 is 2.16 bits per heavy atom. The van der Waals surface area contributed by atoms with Crippen LogP contribution in [0.4, 0.5) is 4.39 Å². The highest BCUT2D eigenvalue weighted by Crippen LogP contribution is 2.31. The zero-order valence-corrected chi connectivity index (χ0v) is 12.0. The van der Waals surface area contributed by atoms with Crippen molar-refractivity contribution in [3.8, 4) is 0 Å². The molecule has 0 radical (unpaired) electrons. The van der Waals surface area contributed by atoms with Gasteiger partial charge in [-0.25, -0.2) is 4.39 Å². The molecule has 19 heavy (non-hydrogen) atoms. The van der Waals surface area contributed by atoms with Crippen LogP contribution >= 0.6 is 15.9 Å². The van der Waals surface area contributed by atoms with Crippen LogP contribution in [0, 0.1) is 11.2 Å². The van der Waals surface area contributed by atoms with Gasteiger partial charge in [0.25, 0.3) is 5.91 Å². The van der Waals surface area contributed by atoms with E-state index in [9.17, 15) is 14.0 Å². The molecule has 6 heteroatoms. The number of halogens is 2. The van der Waals surface area contributed by atoms with Crippen LogP contribution in [0.3, 0.4) is 0 Å². The average molecular weight is 329 g/mol. The quantitative estimate of drug-likeness (QED) is 0.901. The van der Waals surface area contributed by atoms with Gasteiger partial charge >= 0.3 is 0 Å². The normalized spacial score (nSPS) is 22.6. The second-order valence-electron chi connectivity index (χ2n) is 5.03. The highest BCUT2D eigenvalue weighted by Gasteiger charge is 2.41. The van der Waals surface area contributed by atoms with Gasteiger partial charge in [-0.05, 0) is 47.5 Å². The molecule has 1 aliphatic rings. The van der Waals surface area contributed by atoms with Gasteiger partial charge in [-0.1, -0.05) is 0 Å². The summed E-state index contributed by atoms with van der Waals surface area (Å²) in [5.41, 5.74) is 4.90. The number of hydrogen-bond donors (Lipinski definition) is 1. The number of primary amides is 1. The summed E-state index contributed by atoms with van der Waals surface area (Å²) in [5, 5.41) is 0. The molecule has 1 fully saturated rings. The first-order valence-corrected chi connectivity index (χ1v) is 6.67. The summed E-state index contributed by atoms with van der Waals surface area (Å²) < 4.78 is 13.7. The lowest BCUT2D eigenvalue weighted by Crippen LogP contribution is -2.38. The Labute approximate surface area is 118 Å². The van der Waals surface area contributed by atoms with Crippen LogP contribution < -0.4 is 5.73 Å². The number of carbonyl (C=O) groups excluding carboxylic acids is 2. The minimum atomic E-state index is -0.699. The number of rotatable bonds is 2. The van der Waals surface area contributed by atoms with Gasteiger partial charge in [0, 0.05) is 17.6 Å². The first-order chi connectivity index (χ1) is 8.83. The maximum Gasteiger partial charge on any atom is 0.255 e. The van der Waals surface area contributed by atoms with Crippen molar-refractivity contribution < 1.29 is 14.0 Å². The second kappa shape index (κ2) is 4.92. The smallest absolute Gasteiger partial charge is 0.255 e. The molecule has 0 aliphatic carbocycles. The highest BCUT2D eigenvalue weighted by atomic mass is 79.9. The van der Waals surface area contributed by atoms with E-state index in [0.717, 1.165) is 0 Å². The van der Waals surface area contributed by atoms with Crippen LogP contribution in [0.25, 0.3) is 0 Å². The van der Waals surface area contributed by atoms with E-state index in [2.05, 4.69) is 15.9 Å². The number of likely N-dealkylation sites (tertiary alicyclic amines) is 1. The number of nitrogens with zero attached hydrogens (tertiary/aromatic N) is 1. The van der Waals surface area contributed by atoms with E-state index in [0.29, 0.717) is 17.4 Å². The van der Waals surface area contributed by atoms with Gasteiger partial charge in [-0.15, -0.1) is 0 Å². The van der Waals surface area contributed by atoms with Crippen molar-refractivity contribution in [1.29, 1.82) is 0 Å². The molecule has 1 aliphatic heterocycles. The van der Waals surface area contributed by atoms with Crippen molar-refractivity contribution in [2.75, 3.05) is 13.1 Å². The molecule has 2 N–H and O–H groups in total. The molecular formula is C13H14BrFN2O2. The van der Waals surface area contributed by atoms with Crippen LogP contribution in [-0.4, -0.2) is 29.8 Å². The van der Waals surface area contributed by atoms with Gasteiger partial charge < -0.3 is 10.6 Å². The zero-order valence-electron chi connectivity index (χ0n) is 10.5. The Hall–Kier alpha value is -1.43. The van der Waals surface area contributed by atoms with E-state index in [1.54, 1.807) is 6.92 Å². The zero-order chi connectivity index (χ0) is 14.2. The topological polar surface area (TPSA) is 63.4 Å². The molecule has 1 saturated heterocycles. The van der Waals surface area contributed by atoms with Gasteiger partial charge in [0.05, 0.1) is 11.0 Å². The lowest BCUT2D eigenvalue weighted by atomic mass is 9.89. The average Bonchev–Trinajstić information content (AvgIpc) is 2.76. The van der Waals surface area contributed by atoms with Crippen molar-refractivity contribution in [3.63, 3.8) is 0 Å². The fraction of sp³-hybridized carbons (Fsp3) is 0.385. The molecule has 0 bridgehead atoms. The molecule has 1 aromatic carbocycles. The Kier molecular flexibility index (Phi) is 3.62. The SMILES string of the molecule is CC1(C(N)=O)CCN(C(=O)c2cc(F)ccc2Br)C1. The first kappa shape index (κ1) is 14.0. The fourth-order valence-corrected chi connectivity index (χ4v) is 2.58. The molecule has 1 atom stereocenters. The molecule has 2 rings (SSSR count).